The summed E-state index contributed by atoms with van der Waals surface area (Å²) >= 11 is 1.88. The lowest BCUT2D eigenvalue weighted by molar-refractivity contribution is 0.0883. The van der Waals surface area contributed by atoms with Crippen LogP contribution in [0.15, 0.2) is 11.4 Å². The van der Waals surface area contributed by atoms with E-state index < -0.39 is 0 Å². The van der Waals surface area contributed by atoms with Gasteiger partial charge in [-0.05, 0) is 68.1 Å². The molecule has 4 heteroatoms. The van der Waals surface area contributed by atoms with Gasteiger partial charge in [0.15, 0.2) is 0 Å². The van der Waals surface area contributed by atoms with Crippen LogP contribution in [0.25, 0.3) is 0 Å². The predicted molar refractivity (Wildman–Crippen MR) is 88.8 cm³/mol. The molecule has 1 aliphatic heterocycles. The zero-order chi connectivity index (χ0) is 14.7. The molecule has 1 saturated heterocycles. The fraction of sp³-hybridized carbons (Fsp3) is 0.765. The van der Waals surface area contributed by atoms with Crippen LogP contribution in [0.4, 0.5) is 0 Å². The number of nitrogens with one attached hydrogen (secondary N) is 1. The van der Waals surface area contributed by atoms with Crippen molar-refractivity contribution in [2.45, 2.75) is 51.2 Å². The number of nitrogens with zero attached hydrogens (tertiary/aromatic N) is 1. The number of thiophene rings is 1. The van der Waals surface area contributed by atoms with Gasteiger partial charge in [0.2, 0.25) is 0 Å². The van der Waals surface area contributed by atoms with Crippen molar-refractivity contribution in [1.29, 1.82) is 0 Å². The van der Waals surface area contributed by atoms with Crippen LogP contribution in [-0.2, 0) is 6.42 Å². The lowest BCUT2D eigenvalue weighted by atomic mass is 9.94. The van der Waals surface area contributed by atoms with Gasteiger partial charge in [-0.1, -0.05) is 6.92 Å². The molecule has 2 unspecified atom stereocenters. The highest BCUT2D eigenvalue weighted by atomic mass is 32.1. The summed E-state index contributed by atoms with van der Waals surface area (Å²) < 4.78 is 0. The number of hydrogen-bond donors (Lipinski definition) is 2. The highest BCUT2D eigenvalue weighted by Gasteiger charge is 2.22. The normalized spacial score (nSPS) is 25.7. The third-order valence-electron chi connectivity index (χ3n) is 5.00. The number of β-amino-alcohol motifs (C(OH)–C–C–N with tert-alkyl or cyclic N) is 1. The summed E-state index contributed by atoms with van der Waals surface area (Å²) in [5.41, 5.74) is 1.48. The van der Waals surface area contributed by atoms with E-state index in [1.165, 1.54) is 37.7 Å². The number of fused-ring (bicyclic) bond motifs is 1. The first kappa shape index (κ1) is 15.5. The van der Waals surface area contributed by atoms with Gasteiger partial charge in [-0.2, -0.15) is 0 Å². The molecular formula is C17H28N2OS. The fourth-order valence-corrected chi connectivity index (χ4v) is 4.57. The van der Waals surface area contributed by atoms with E-state index in [1.54, 1.807) is 4.88 Å². The first-order valence-corrected chi connectivity index (χ1v) is 9.30. The zero-order valence-electron chi connectivity index (χ0n) is 13.1. The lowest BCUT2D eigenvalue weighted by Crippen LogP contribution is -2.42. The summed E-state index contributed by atoms with van der Waals surface area (Å²) in [7, 11) is 0. The summed E-state index contributed by atoms with van der Waals surface area (Å²) in [6.07, 6.45) is 6.02. The lowest BCUT2D eigenvalue weighted by Gasteiger charge is -2.32. The second-order valence-electron chi connectivity index (χ2n) is 6.79. The van der Waals surface area contributed by atoms with Gasteiger partial charge in [0, 0.05) is 24.0 Å². The van der Waals surface area contributed by atoms with E-state index in [9.17, 15) is 5.11 Å². The Kier molecular flexibility index (Phi) is 5.33. The number of piperidine rings is 1. The van der Waals surface area contributed by atoms with Gasteiger partial charge in [-0.15, -0.1) is 11.3 Å². The predicted octanol–water partition coefficient (Wildman–Crippen LogP) is 2.81. The quantitative estimate of drug-likeness (QED) is 0.878. The number of likely N-dealkylation sites (tertiary alicyclic amines) is 1. The molecule has 2 heterocycles. The Labute approximate surface area is 132 Å². The van der Waals surface area contributed by atoms with Gasteiger partial charge in [0.1, 0.15) is 0 Å². The van der Waals surface area contributed by atoms with Crippen LogP contribution in [0, 0.1) is 5.92 Å². The van der Waals surface area contributed by atoms with Crippen LogP contribution in [0.1, 0.15) is 49.1 Å². The number of hydrogen-bond acceptors (Lipinski definition) is 4. The Bertz CT molecular complexity index is 440. The molecule has 3 nitrogen and oxygen atoms in total. The van der Waals surface area contributed by atoms with Crippen molar-refractivity contribution in [3.05, 3.63) is 21.9 Å². The molecule has 0 amide bonds. The Balaban J connectivity index is 1.43. The molecule has 0 saturated carbocycles. The second-order valence-corrected chi connectivity index (χ2v) is 7.79. The standard InChI is InChI=1S/C17H28N2OS/c1-13-5-8-19(9-6-13)12-14(20)11-18-16-3-2-4-17-15(16)7-10-21-17/h7,10,13-14,16,18,20H,2-6,8-9,11-12H2,1H3. The minimum Gasteiger partial charge on any atom is -0.390 e. The second kappa shape index (κ2) is 7.23. The Hall–Kier alpha value is -0.420. The molecule has 0 aromatic carbocycles. The molecule has 0 spiro atoms. The molecule has 118 valence electrons. The van der Waals surface area contributed by atoms with E-state index in [0.29, 0.717) is 12.6 Å². The van der Waals surface area contributed by atoms with Crippen LogP contribution >= 0.6 is 11.3 Å². The first-order chi connectivity index (χ1) is 10.2. The molecule has 1 aromatic heterocycles. The molecule has 2 aliphatic rings. The van der Waals surface area contributed by atoms with Crippen molar-refractivity contribution in [2.24, 2.45) is 5.92 Å². The first-order valence-electron chi connectivity index (χ1n) is 8.42. The minimum absolute atomic E-state index is 0.248. The monoisotopic (exact) mass is 308 g/mol. The van der Waals surface area contributed by atoms with Crippen LogP contribution in [-0.4, -0.2) is 42.3 Å². The van der Waals surface area contributed by atoms with Crippen molar-refractivity contribution in [1.82, 2.24) is 10.2 Å². The van der Waals surface area contributed by atoms with Gasteiger partial charge in [-0.3, -0.25) is 0 Å². The maximum atomic E-state index is 10.3. The Morgan fingerprint density at radius 3 is 3.00 bits per heavy atom. The average Bonchev–Trinajstić information content (AvgIpc) is 2.96. The van der Waals surface area contributed by atoms with Crippen molar-refractivity contribution >= 4 is 11.3 Å². The van der Waals surface area contributed by atoms with Crippen LogP contribution in [0.2, 0.25) is 0 Å². The summed E-state index contributed by atoms with van der Waals surface area (Å²) in [5, 5.41) is 16.1. The molecular weight excluding hydrogens is 280 g/mol. The minimum atomic E-state index is -0.248. The van der Waals surface area contributed by atoms with E-state index in [-0.39, 0.29) is 6.10 Å². The number of rotatable bonds is 5. The van der Waals surface area contributed by atoms with E-state index in [1.807, 2.05) is 11.3 Å². The van der Waals surface area contributed by atoms with E-state index in [0.717, 1.165) is 25.6 Å². The van der Waals surface area contributed by atoms with Gasteiger partial charge in [0.05, 0.1) is 6.10 Å². The van der Waals surface area contributed by atoms with Crippen molar-refractivity contribution in [3.63, 3.8) is 0 Å². The van der Waals surface area contributed by atoms with Crippen molar-refractivity contribution in [3.8, 4) is 0 Å². The molecule has 3 rings (SSSR count). The highest BCUT2D eigenvalue weighted by Crippen LogP contribution is 2.33. The topological polar surface area (TPSA) is 35.5 Å². The van der Waals surface area contributed by atoms with Gasteiger partial charge < -0.3 is 15.3 Å². The Morgan fingerprint density at radius 1 is 1.38 bits per heavy atom. The maximum absolute atomic E-state index is 10.3. The summed E-state index contributed by atoms with van der Waals surface area (Å²) in [6.45, 7) is 6.17. The number of aryl methyl sites for hydroxylation is 1. The fourth-order valence-electron chi connectivity index (χ4n) is 3.58. The summed E-state index contributed by atoms with van der Waals surface area (Å²) in [5.74, 6) is 0.857. The Morgan fingerprint density at radius 2 is 2.19 bits per heavy atom. The van der Waals surface area contributed by atoms with Crippen molar-refractivity contribution < 1.29 is 5.11 Å². The summed E-state index contributed by atoms with van der Waals surface area (Å²) in [4.78, 5) is 3.96. The third-order valence-corrected chi connectivity index (χ3v) is 5.99. The molecule has 1 fully saturated rings. The van der Waals surface area contributed by atoms with E-state index in [4.69, 9.17) is 0 Å². The van der Waals surface area contributed by atoms with Gasteiger partial charge in [0.25, 0.3) is 0 Å². The summed E-state index contributed by atoms with van der Waals surface area (Å²) in [6, 6.07) is 2.71. The van der Waals surface area contributed by atoms with E-state index in [2.05, 4.69) is 28.6 Å². The number of aliphatic hydroxyl groups excluding tert-OH is 1. The molecule has 1 aliphatic carbocycles. The molecule has 0 bridgehead atoms. The van der Waals surface area contributed by atoms with Crippen LogP contribution in [0.3, 0.4) is 0 Å². The third kappa shape index (κ3) is 4.07. The maximum Gasteiger partial charge on any atom is 0.0791 e. The molecule has 21 heavy (non-hydrogen) atoms. The van der Waals surface area contributed by atoms with Crippen LogP contribution in [0.5, 0.6) is 0 Å². The zero-order valence-corrected chi connectivity index (χ0v) is 13.9. The average molecular weight is 308 g/mol. The van der Waals surface area contributed by atoms with E-state index >= 15 is 0 Å². The molecule has 2 N–H and O–H groups in total. The molecule has 1 aromatic rings. The SMILES string of the molecule is CC1CCN(CC(O)CNC2CCCc3sccc32)CC1. The van der Waals surface area contributed by atoms with Crippen molar-refractivity contribution in [2.75, 3.05) is 26.2 Å². The number of aliphatic hydroxyl groups is 1. The van der Waals surface area contributed by atoms with Crippen LogP contribution < -0.4 is 5.32 Å². The highest BCUT2D eigenvalue weighted by molar-refractivity contribution is 7.10. The smallest absolute Gasteiger partial charge is 0.0791 e. The molecule has 0 radical (unpaired) electrons. The van der Waals surface area contributed by atoms with Gasteiger partial charge >= 0.3 is 0 Å². The van der Waals surface area contributed by atoms with Gasteiger partial charge in [-0.25, -0.2) is 0 Å². The molecule has 2 atom stereocenters. The largest absolute Gasteiger partial charge is 0.390 e.